The molecule has 3 nitrogen and oxygen atoms in total. The standard InChI is InChI=1S/C15H15BrN2O/c1-10-6-7-11(8-13(10)16)15(19)18-14-5-3-2-4-12(14)9-17/h2-8H,9,17H2,1H3,(H,18,19). The summed E-state index contributed by atoms with van der Waals surface area (Å²) in [5.74, 6) is -0.137. The van der Waals surface area contributed by atoms with E-state index in [1.165, 1.54) is 0 Å². The van der Waals surface area contributed by atoms with Crippen LogP contribution in [0.2, 0.25) is 0 Å². The van der Waals surface area contributed by atoms with Crippen molar-refractivity contribution in [3.8, 4) is 0 Å². The molecule has 0 aliphatic rings. The number of anilines is 1. The summed E-state index contributed by atoms with van der Waals surface area (Å²) in [7, 11) is 0. The Hall–Kier alpha value is -1.65. The largest absolute Gasteiger partial charge is 0.326 e. The molecule has 0 fully saturated rings. The Bertz CT molecular complexity index is 611. The summed E-state index contributed by atoms with van der Waals surface area (Å²) in [6.45, 7) is 2.38. The zero-order valence-corrected chi connectivity index (χ0v) is 12.2. The van der Waals surface area contributed by atoms with Gasteiger partial charge >= 0.3 is 0 Å². The van der Waals surface area contributed by atoms with Crippen molar-refractivity contribution >= 4 is 27.5 Å². The highest BCUT2D eigenvalue weighted by atomic mass is 79.9. The maximum atomic E-state index is 12.2. The highest BCUT2D eigenvalue weighted by Gasteiger charge is 2.09. The lowest BCUT2D eigenvalue weighted by atomic mass is 10.1. The fourth-order valence-corrected chi connectivity index (χ4v) is 2.13. The van der Waals surface area contributed by atoms with Crippen LogP contribution in [0.15, 0.2) is 46.9 Å². The van der Waals surface area contributed by atoms with Crippen molar-refractivity contribution in [3.63, 3.8) is 0 Å². The lowest BCUT2D eigenvalue weighted by Gasteiger charge is -2.10. The van der Waals surface area contributed by atoms with Crippen molar-refractivity contribution in [1.29, 1.82) is 0 Å². The van der Waals surface area contributed by atoms with Gasteiger partial charge in [0.2, 0.25) is 0 Å². The molecule has 1 amide bonds. The Morgan fingerprint density at radius 3 is 2.68 bits per heavy atom. The molecular formula is C15H15BrN2O. The predicted octanol–water partition coefficient (Wildman–Crippen LogP) is 3.47. The van der Waals surface area contributed by atoms with Gasteiger partial charge in [-0.25, -0.2) is 0 Å². The second kappa shape index (κ2) is 5.99. The van der Waals surface area contributed by atoms with Crippen molar-refractivity contribution in [1.82, 2.24) is 0 Å². The van der Waals surface area contributed by atoms with Crippen molar-refractivity contribution in [2.45, 2.75) is 13.5 Å². The molecule has 98 valence electrons. The van der Waals surface area contributed by atoms with Crippen LogP contribution in [0.5, 0.6) is 0 Å². The lowest BCUT2D eigenvalue weighted by Crippen LogP contribution is -2.14. The molecule has 2 aromatic carbocycles. The summed E-state index contributed by atoms with van der Waals surface area (Å²) in [5, 5.41) is 2.88. The minimum absolute atomic E-state index is 0.137. The van der Waals surface area contributed by atoms with E-state index in [4.69, 9.17) is 5.73 Å². The molecule has 2 aromatic rings. The molecule has 0 aliphatic heterocycles. The first kappa shape index (κ1) is 13.8. The molecule has 0 radical (unpaired) electrons. The number of hydrogen-bond donors (Lipinski definition) is 2. The summed E-state index contributed by atoms with van der Waals surface area (Å²) in [4.78, 5) is 12.2. The van der Waals surface area contributed by atoms with Gasteiger partial charge in [-0.05, 0) is 36.2 Å². The third-order valence-electron chi connectivity index (χ3n) is 2.92. The van der Waals surface area contributed by atoms with E-state index in [-0.39, 0.29) is 5.91 Å². The zero-order valence-electron chi connectivity index (χ0n) is 10.6. The zero-order chi connectivity index (χ0) is 13.8. The van der Waals surface area contributed by atoms with E-state index < -0.39 is 0 Å². The average molecular weight is 319 g/mol. The van der Waals surface area contributed by atoms with E-state index >= 15 is 0 Å². The topological polar surface area (TPSA) is 55.1 Å². The van der Waals surface area contributed by atoms with Gasteiger partial charge in [0.15, 0.2) is 0 Å². The van der Waals surface area contributed by atoms with Gasteiger partial charge in [-0.2, -0.15) is 0 Å². The van der Waals surface area contributed by atoms with E-state index in [1.807, 2.05) is 43.3 Å². The molecule has 4 heteroatoms. The number of nitrogens with one attached hydrogen (secondary N) is 1. The Morgan fingerprint density at radius 1 is 1.26 bits per heavy atom. The van der Waals surface area contributed by atoms with Gasteiger partial charge in [-0.3, -0.25) is 4.79 Å². The van der Waals surface area contributed by atoms with Crippen LogP contribution >= 0.6 is 15.9 Å². The smallest absolute Gasteiger partial charge is 0.255 e. The van der Waals surface area contributed by atoms with Crippen molar-refractivity contribution < 1.29 is 4.79 Å². The molecule has 0 unspecified atom stereocenters. The second-order valence-corrected chi connectivity index (χ2v) is 5.13. The number of rotatable bonds is 3. The molecule has 0 aliphatic carbocycles. The molecule has 0 bridgehead atoms. The molecule has 2 rings (SSSR count). The highest BCUT2D eigenvalue weighted by Crippen LogP contribution is 2.20. The number of aryl methyl sites for hydroxylation is 1. The van der Waals surface area contributed by atoms with Crippen LogP contribution in [0.25, 0.3) is 0 Å². The molecule has 0 aromatic heterocycles. The highest BCUT2D eigenvalue weighted by molar-refractivity contribution is 9.10. The number of carbonyl (C=O) groups excluding carboxylic acids is 1. The van der Waals surface area contributed by atoms with E-state index in [1.54, 1.807) is 6.07 Å². The van der Waals surface area contributed by atoms with Crippen LogP contribution in [0.3, 0.4) is 0 Å². The molecule has 0 saturated heterocycles. The third kappa shape index (κ3) is 3.22. The Labute approximate surface area is 121 Å². The fraction of sp³-hybridized carbons (Fsp3) is 0.133. The molecule has 0 saturated carbocycles. The average Bonchev–Trinajstić information content (AvgIpc) is 2.42. The van der Waals surface area contributed by atoms with Gasteiger partial charge in [-0.15, -0.1) is 0 Å². The third-order valence-corrected chi connectivity index (χ3v) is 3.77. The predicted molar refractivity (Wildman–Crippen MR) is 81.2 cm³/mol. The normalized spacial score (nSPS) is 10.3. The Balaban J connectivity index is 2.23. The molecule has 0 atom stereocenters. The number of carbonyl (C=O) groups is 1. The maximum absolute atomic E-state index is 12.2. The van der Waals surface area contributed by atoms with Gasteiger partial charge in [0.05, 0.1) is 0 Å². The van der Waals surface area contributed by atoms with Crippen molar-refractivity contribution in [3.05, 3.63) is 63.6 Å². The van der Waals surface area contributed by atoms with E-state index in [9.17, 15) is 4.79 Å². The monoisotopic (exact) mass is 318 g/mol. The number of para-hydroxylation sites is 1. The first-order chi connectivity index (χ1) is 9.11. The van der Waals surface area contributed by atoms with Crippen LogP contribution < -0.4 is 11.1 Å². The minimum atomic E-state index is -0.137. The molecular weight excluding hydrogens is 304 g/mol. The van der Waals surface area contributed by atoms with Crippen molar-refractivity contribution in [2.75, 3.05) is 5.32 Å². The van der Waals surface area contributed by atoms with Gasteiger partial charge in [0.1, 0.15) is 0 Å². The minimum Gasteiger partial charge on any atom is -0.326 e. The lowest BCUT2D eigenvalue weighted by molar-refractivity contribution is 0.102. The fourth-order valence-electron chi connectivity index (χ4n) is 1.75. The quantitative estimate of drug-likeness (QED) is 0.910. The second-order valence-electron chi connectivity index (χ2n) is 4.28. The van der Waals surface area contributed by atoms with E-state index in [2.05, 4.69) is 21.2 Å². The van der Waals surface area contributed by atoms with Crippen LogP contribution in [0.4, 0.5) is 5.69 Å². The molecule has 19 heavy (non-hydrogen) atoms. The number of amides is 1. The van der Waals surface area contributed by atoms with E-state index in [0.717, 1.165) is 21.3 Å². The van der Waals surface area contributed by atoms with Crippen LogP contribution in [0, 0.1) is 6.92 Å². The SMILES string of the molecule is Cc1ccc(C(=O)Nc2ccccc2CN)cc1Br. The van der Waals surface area contributed by atoms with E-state index in [0.29, 0.717) is 12.1 Å². The summed E-state index contributed by atoms with van der Waals surface area (Å²) in [5.41, 5.74) is 9.04. The van der Waals surface area contributed by atoms with Crippen LogP contribution in [-0.2, 0) is 6.54 Å². The number of benzene rings is 2. The first-order valence-electron chi connectivity index (χ1n) is 5.97. The number of halogens is 1. The van der Waals surface area contributed by atoms with Gasteiger partial charge in [0, 0.05) is 22.3 Å². The van der Waals surface area contributed by atoms with Gasteiger partial charge < -0.3 is 11.1 Å². The Morgan fingerprint density at radius 2 is 2.00 bits per heavy atom. The Kier molecular flexibility index (Phi) is 4.35. The summed E-state index contributed by atoms with van der Waals surface area (Å²) < 4.78 is 0.923. The molecule has 0 heterocycles. The van der Waals surface area contributed by atoms with Gasteiger partial charge in [-0.1, -0.05) is 40.2 Å². The maximum Gasteiger partial charge on any atom is 0.255 e. The molecule has 0 spiro atoms. The van der Waals surface area contributed by atoms with Gasteiger partial charge in [0.25, 0.3) is 5.91 Å². The number of hydrogen-bond acceptors (Lipinski definition) is 2. The van der Waals surface area contributed by atoms with Crippen LogP contribution in [0.1, 0.15) is 21.5 Å². The summed E-state index contributed by atoms with van der Waals surface area (Å²) in [6.07, 6.45) is 0. The van der Waals surface area contributed by atoms with Crippen molar-refractivity contribution in [2.24, 2.45) is 5.73 Å². The first-order valence-corrected chi connectivity index (χ1v) is 6.76. The van der Waals surface area contributed by atoms with Crippen LogP contribution in [-0.4, -0.2) is 5.91 Å². The molecule has 3 N–H and O–H groups in total. The summed E-state index contributed by atoms with van der Waals surface area (Å²) in [6, 6.07) is 13.1. The summed E-state index contributed by atoms with van der Waals surface area (Å²) >= 11 is 3.43. The number of nitrogens with two attached hydrogens (primary N) is 1.